The summed E-state index contributed by atoms with van der Waals surface area (Å²) in [7, 11) is 0. The number of hydrazine groups is 1. The molecule has 0 bridgehead atoms. The number of aryl methyl sites for hydroxylation is 1. The predicted octanol–water partition coefficient (Wildman–Crippen LogP) is 4.40. The molecule has 4 rings (SSSR count). The van der Waals surface area contributed by atoms with E-state index in [1.165, 1.54) is 10.7 Å². The van der Waals surface area contributed by atoms with Gasteiger partial charge in [0.2, 0.25) is 0 Å². The molecule has 2 aromatic carbocycles. The summed E-state index contributed by atoms with van der Waals surface area (Å²) < 4.78 is 2.14. The molecule has 6 nitrogen and oxygen atoms in total. The van der Waals surface area contributed by atoms with Crippen molar-refractivity contribution >= 4 is 29.3 Å². The lowest BCUT2D eigenvalue weighted by atomic mass is 10.1. The van der Waals surface area contributed by atoms with Gasteiger partial charge in [0.15, 0.2) is 0 Å². The van der Waals surface area contributed by atoms with E-state index >= 15 is 0 Å². The first-order chi connectivity index (χ1) is 15.4. The average Bonchev–Trinajstić information content (AvgIpc) is 3.25. The van der Waals surface area contributed by atoms with Crippen LogP contribution in [0.2, 0.25) is 0 Å². The molecular formula is C26H28N4O2. The first kappa shape index (κ1) is 21.4. The molecule has 0 saturated carbocycles. The first-order valence-corrected chi connectivity index (χ1v) is 10.9. The summed E-state index contributed by atoms with van der Waals surface area (Å²) in [5, 5.41) is 1.29. The van der Waals surface area contributed by atoms with E-state index in [-0.39, 0.29) is 11.5 Å². The number of amides is 2. The molecule has 2 amide bonds. The number of carbonyl (C=O) groups is 2. The Kier molecular flexibility index (Phi) is 5.86. The minimum absolute atomic E-state index is 0.131. The lowest BCUT2D eigenvalue weighted by Crippen LogP contribution is -2.35. The number of para-hydroxylation sites is 1. The summed E-state index contributed by atoms with van der Waals surface area (Å²) in [4.78, 5) is 27.8. The van der Waals surface area contributed by atoms with Crippen LogP contribution in [0.1, 0.15) is 30.8 Å². The molecule has 2 heterocycles. The SMILES string of the molecule is CCN(CC)c1ccc(-n2c(C)cc(C=C3C(=O)NN(c4ccccc4)C3=O)c2C)cc1. The van der Waals surface area contributed by atoms with Gasteiger partial charge in [-0.15, -0.1) is 0 Å². The van der Waals surface area contributed by atoms with Crippen molar-refractivity contribution in [2.24, 2.45) is 0 Å². The molecular weight excluding hydrogens is 400 g/mol. The molecule has 0 radical (unpaired) electrons. The zero-order valence-electron chi connectivity index (χ0n) is 18.9. The van der Waals surface area contributed by atoms with Crippen LogP contribution in [-0.4, -0.2) is 29.5 Å². The van der Waals surface area contributed by atoms with E-state index < -0.39 is 5.91 Å². The molecule has 0 aliphatic carbocycles. The van der Waals surface area contributed by atoms with Gasteiger partial charge in [-0.25, -0.2) is 5.01 Å². The minimum atomic E-state index is -0.396. The lowest BCUT2D eigenvalue weighted by Gasteiger charge is -2.21. The molecule has 1 aromatic heterocycles. The molecule has 164 valence electrons. The van der Waals surface area contributed by atoms with Crippen LogP contribution in [0, 0.1) is 13.8 Å². The Morgan fingerprint density at radius 1 is 0.906 bits per heavy atom. The minimum Gasteiger partial charge on any atom is -0.372 e. The number of nitrogens with zero attached hydrogens (tertiary/aromatic N) is 3. The molecule has 0 spiro atoms. The second-order valence-corrected chi connectivity index (χ2v) is 7.83. The topological polar surface area (TPSA) is 57.6 Å². The maximum Gasteiger partial charge on any atom is 0.282 e. The lowest BCUT2D eigenvalue weighted by molar-refractivity contribution is -0.117. The highest BCUT2D eigenvalue weighted by Crippen LogP contribution is 2.27. The largest absolute Gasteiger partial charge is 0.372 e. The van der Waals surface area contributed by atoms with Crippen LogP contribution in [0.5, 0.6) is 0 Å². The summed E-state index contributed by atoms with van der Waals surface area (Å²) in [5.41, 5.74) is 8.53. The van der Waals surface area contributed by atoms with Gasteiger partial charge in [0.1, 0.15) is 5.57 Å². The monoisotopic (exact) mass is 428 g/mol. The fraction of sp³-hybridized carbons (Fsp3) is 0.231. The predicted molar refractivity (Wildman–Crippen MR) is 129 cm³/mol. The normalized spacial score (nSPS) is 14.9. The zero-order chi connectivity index (χ0) is 22.8. The third-order valence-corrected chi connectivity index (χ3v) is 5.91. The molecule has 3 aromatic rings. The van der Waals surface area contributed by atoms with Crippen molar-refractivity contribution < 1.29 is 9.59 Å². The molecule has 1 aliphatic heterocycles. The molecule has 6 heteroatoms. The summed E-state index contributed by atoms with van der Waals surface area (Å²) in [6, 6.07) is 19.6. The van der Waals surface area contributed by atoms with E-state index in [0.29, 0.717) is 5.69 Å². The van der Waals surface area contributed by atoms with Crippen LogP contribution in [-0.2, 0) is 9.59 Å². The van der Waals surface area contributed by atoms with E-state index in [4.69, 9.17) is 0 Å². The Morgan fingerprint density at radius 2 is 1.56 bits per heavy atom. The Morgan fingerprint density at radius 3 is 2.19 bits per heavy atom. The van der Waals surface area contributed by atoms with Crippen molar-refractivity contribution in [1.82, 2.24) is 9.99 Å². The number of aromatic nitrogens is 1. The van der Waals surface area contributed by atoms with E-state index in [2.05, 4.69) is 53.0 Å². The van der Waals surface area contributed by atoms with E-state index in [1.807, 2.05) is 38.1 Å². The Labute approximate surface area is 188 Å². The van der Waals surface area contributed by atoms with Gasteiger partial charge in [-0.05, 0) is 81.8 Å². The highest BCUT2D eigenvalue weighted by atomic mass is 16.2. The Hall–Kier alpha value is -3.80. The number of nitrogens with one attached hydrogen (secondary N) is 1. The molecule has 1 fully saturated rings. The maximum absolute atomic E-state index is 12.9. The van der Waals surface area contributed by atoms with E-state index in [1.54, 1.807) is 18.2 Å². The van der Waals surface area contributed by atoms with Crippen LogP contribution in [0.3, 0.4) is 0 Å². The number of anilines is 2. The fourth-order valence-corrected chi connectivity index (χ4v) is 4.20. The van der Waals surface area contributed by atoms with Crippen LogP contribution in [0.4, 0.5) is 11.4 Å². The van der Waals surface area contributed by atoms with Gasteiger partial charge in [0.25, 0.3) is 11.8 Å². The molecule has 1 saturated heterocycles. The summed E-state index contributed by atoms with van der Waals surface area (Å²) >= 11 is 0. The van der Waals surface area contributed by atoms with Gasteiger partial charge in [-0.1, -0.05) is 18.2 Å². The number of benzene rings is 2. The smallest absolute Gasteiger partial charge is 0.282 e. The molecule has 1 N–H and O–H groups in total. The quantitative estimate of drug-likeness (QED) is 0.468. The molecule has 0 unspecified atom stereocenters. The van der Waals surface area contributed by atoms with E-state index in [9.17, 15) is 9.59 Å². The number of hydrogen-bond acceptors (Lipinski definition) is 3. The number of hydrogen-bond donors (Lipinski definition) is 1. The van der Waals surface area contributed by atoms with Crippen LogP contribution >= 0.6 is 0 Å². The van der Waals surface area contributed by atoms with Crippen molar-refractivity contribution in [3.8, 4) is 5.69 Å². The molecule has 0 atom stereocenters. The fourth-order valence-electron chi connectivity index (χ4n) is 4.20. The third-order valence-electron chi connectivity index (χ3n) is 5.91. The maximum atomic E-state index is 12.9. The molecule has 32 heavy (non-hydrogen) atoms. The van der Waals surface area contributed by atoms with Crippen molar-refractivity contribution in [3.63, 3.8) is 0 Å². The van der Waals surface area contributed by atoms with Crippen molar-refractivity contribution in [2.45, 2.75) is 27.7 Å². The second kappa shape index (κ2) is 8.75. The van der Waals surface area contributed by atoms with Gasteiger partial charge in [0.05, 0.1) is 5.69 Å². The third kappa shape index (κ3) is 3.80. The first-order valence-electron chi connectivity index (χ1n) is 10.9. The standard InChI is InChI=1S/C26H28N4O2/c1-5-28(6-2)21-12-14-22(15-13-21)29-18(3)16-20(19(29)4)17-24-25(31)27-30(26(24)32)23-10-8-7-9-11-23/h7-17H,5-6H2,1-4H3,(H,27,31). The number of rotatable bonds is 6. The summed E-state index contributed by atoms with van der Waals surface area (Å²) in [6.45, 7) is 10.3. The van der Waals surface area contributed by atoms with Crippen LogP contribution in [0.15, 0.2) is 66.2 Å². The van der Waals surface area contributed by atoms with Crippen LogP contribution in [0.25, 0.3) is 11.8 Å². The summed E-state index contributed by atoms with van der Waals surface area (Å²) in [6.07, 6.45) is 1.68. The van der Waals surface area contributed by atoms with Crippen LogP contribution < -0.4 is 15.3 Å². The van der Waals surface area contributed by atoms with Crippen molar-refractivity contribution in [1.29, 1.82) is 0 Å². The Balaban J connectivity index is 1.66. The summed E-state index contributed by atoms with van der Waals surface area (Å²) in [5.74, 6) is -0.748. The average molecular weight is 429 g/mol. The van der Waals surface area contributed by atoms with Gasteiger partial charge in [-0.3, -0.25) is 15.0 Å². The van der Waals surface area contributed by atoms with Gasteiger partial charge in [0, 0.05) is 35.9 Å². The number of carbonyl (C=O) groups excluding carboxylic acids is 2. The highest BCUT2D eigenvalue weighted by Gasteiger charge is 2.34. The van der Waals surface area contributed by atoms with Crippen molar-refractivity contribution in [3.05, 3.63) is 83.2 Å². The van der Waals surface area contributed by atoms with Gasteiger partial charge in [-0.2, -0.15) is 0 Å². The zero-order valence-corrected chi connectivity index (χ0v) is 18.9. The van der Waals surface area contributed by atoms with Gasteiger partial charge >= 0.3 is 0 Å². The van der Waals surface area contributed by atoms with E-state index in [0.717, 1.165) is 35.7 Å². The van der Waals surface area contributed by atoms with Crippen molar-refractivity contribution in [2.75, 3.05) is 23.0 Å². The second-order valence-electron chi connectivity index (χ2n) is 7.83. The Bertz CT molecular complexity index is 1170. The molecule has 1 aliphatic rings. The van der Waals surface area contributed by atoms with Gasteiger partial charge < -0.3 is 9.47 Å². The highest BCUT2D eigenvalue weighted by molar-refractivity contribution is 6.31.